The number of hydrogen-bond acceptors (Lipinski definition) is 4. The molecule has 0 fully saturated rings. The highest BCUT2D eigenvalue weighted by molar-refractivity contribution is 7.89. The van der Waals surface area contributed by atoms with Gasteiger partial charge in [0, 0.05) is 32.9 Å². The number of carbonyl (C=O) groups excluding carboxylic acids is 1. The highest BCUT2D eigenvalue weighted by Gasteiger charge is 2.17. The van der Waals surface area contributed by atoms with Crippen LogP contribution in [0.1, 0.15) is 22.3 Å². The molecule has 112 valence electrons. The van der Waals surface area contributed by atoms with Crippen LogP contribution in [0, 0.1) is 6.92 Å². The number of rotatable bonds is 6. The summed E-state index contributed by atoms with van der Waals surface area (Å²) >= 11 is 0. The minimum atomic E-state index is -3.83. The standard InChI is InChI=1S/C13H20N2O4S/c1-10-5-6-11(9-12(10)20(14,17)18)13(16)15(2)7-4-8-19-3/h5-6,9H,4,7-8H2,1-3H3,(H2,14,17,18). The smallest absolute Gasteiger partial charge is 0.253 e. The molecule has 1 rings (SSSR count). The molecule has 0 atom stereocenters. The van der Waals surface area contributed by atoms with Gasteiger partial charge in [-0.3, -0.25) is 4.79 Å². The number of primary sulfonamides is 1. The van der Waals surface area contributed by atoms with Crippen LogP contribution in [0.15, 0.2) is 23.1 Å². The first-order chi connectivity index (χ1) is 9.27. The molecule has 0 aliphatic heterocycles. The molecular weight excluding hydrogens is 280 g/mol. The van der Waals surface area contributed by atoms with E-state index in [1.807, 2.05) is 0 Å². The van der Waals surface area contributed by atoms with Gasteiger partial charge < -0.3 is 9.64 Å². The van der Waals surface area contributed by atoms with Crippen molar-refractivity contribution in [1.29, 1.82) is 0 Å². The zero-order valence-corrected chi connectivity index (χ0v) is 12.7. The summed E-state index contributed by atoms with van der Waals surface area (Å²) in [5.74, 6) is -0.244. The lowest BCUT2D eigenvalue weighted by molar-refractivity contribution is 0.0779. The molecule has 0 saturated carbocycles. The number of nitrogens with two attached hydrogens (primary N) is 1. The number of benzene rings is 1. The fourth-order valence-electron chi connectivity index (χ4n) is 1.81. The minimum absolute atomic E-state index is 0.0198. The van der Waals surface area contributed by atoms with Crippen molar-refractivity contribution in [2.24, 2.45) is 5.14 Å². The second-order valence-electron chi connectivity index (χ2n) is 4.60. The molecule has 1 aromatic carbocycles. The Bertz CT molecular complexity index is 584. The molecule has 0 aliphatic carbocycles. The molecule has 7 heteroatoms. The third kappa shape index (κ3) is 4.29. The average molecular weight is 300 g/mol. The number of hydrogen-bond donors (Lipinski definition) is 1. The van der Waals surface area contributed by atoms with E-state index in [4.69, 9.17) is 9.88 Å². The Morgan fingerprint density at radius 2 is 2.05 bits per heavy atom. The van der Waals surface area contributed by atoms with Crippen LogP contribution < -0.4 is 5.14 Å². The molecule has 2 N–H and O–H groups in total. The van der Waals surface area contributed by atoms with Crippen LogP contribution in [0.2, 0.25) is 0 Å². The lowest BCUT2D eigenvalue weighted by Crippen LogP contribution is -2.28. The van der Waals surface area contributed by atoms with Crippen molar-refractivity contribution >= 4 is 15.9 Å². The average Bonchev–Trinajstić information content (AvgIpc) is 2.37. The van der Waals surface area contributed by atoms with Gasteiger partial charge in [0.1, 0.15) is 0 Å². The van der Waals surface area contributed by atoms with Crippen LogP contribution >= 0.6 is 0 Å². The summed E-state index contributed by atoms with van der Waals surface area (Å²) in [6.45, 7) is 2.73. The van der Waals surface area contributed by atoms with Crippen LogP contribution in [-0.4, -0.2) is 46.5 Å². The van der Waals surface area contributed by atoms with Gasteiger partial charge >= 0.3 is 0 Å². The molecule has 0 aromatic heterocycles. The van der Waals surface area contributed by atoms with Crippen LogP contribution in [-0.2, 0) is 14.8 Å². The van der Waals surface area contributed by atoms with Gasteiger partial charge in [-0.15, -0.1) is 0 Å². The van der Waals surface area contributed by atoms with Crippen molar-refractivity contribution in [2.45, 2.75) is 18.2 Å². The topological polar surface area (TPSA) is 89.7 Å². The van der Waals surface area contributed by atoms with Gasteiger partial charge in [-0.2, -0.15) is 0 Å². The lowest BCUT2D eigenvalue weighted by Gasteiger charge is -2.17. The summed E-state index contributed by atoms with van der Waals surface area (Å²) in [5, 5.41) is 5.13. The van der Waals surface area contributed by atoms with Gasteiger partial charge in [-0.05, 0) is 31.0 Å². The maximum atomic E-state index is 12.2. The van der Waals surface area contributed by atoms with Gasteiger partial charge in [-0.25, -0.2) is 13.6 Å². The van der Waals surface area contributed by atoms with E-state index in [-0.39, 0.29) is 10.8 Å². The Labute approximate surface area is 119 Å². The normalized spacial score (nSPS) is 11.4. The van der Waals surface area contributed by atoms with Crippen molar-refractivity contribution in [2.75, 3.05) is 27.3 Å². The fraction of sp³-hybridized carbons (Fsp3) is 0.462. The van der Waals surface area contributed by atoms with E-state index in [0.29, 0.717) is 30.7 Å². The lowest BCUT2D eigenvalue weighted by atomic mass is 10.1. The van der Waals surface area contributed by atoms with Crippen LogP contribution in [0.3, 0.4) is 0 Å². The van der Waals surface area contributed by atoms with E-state index in [1.54, 1.807) is 33.2 Å². The number of amides is 1. The zero-order chi connectivity index (χ0) is 15.3. The molecule has 0 heterocycles. The van der Waals surface area contributed by atoms with E-state index >= 15 is 0 Å². The molecule has 20 heavy (non-hydrogen) atoms. The highest BCUT2D eigenvalue weighted by Crippen LogP contribution is 2.16. The maximum Gasteiger partial charge on any atom is 0.253 e. The van der Waals surface area contributed by atoms with E-state index in [0.717, 1.165) is 0 Å². The molecule has 0 saturated heterocycles. The van der Waals surface area contributed by atoms with E-state index < -0.39 is 10.0 Å². The molecule has 0 unspecified atom stereocenters. The van der Waals surface area contributed by atoms with E-state index in [1.165, 1.54) is 11.0 Å². The fourth-order valence-corrected chi connectivity index (χ4v) is 2.62. The molecule has 1 aromatic rings. The van der Waals surface area contributed by atoms with Crippen molar-refractivity contribution < 1.29 is 17.9 Å². The Balaban J connectivity index is 2.94. The third-order valence-electron chi connectivity index (χ3n) is 2.93. The molecular formula is C13H20N2O4S. The van der Waals surface area contributed by atoms with Gasteiger partial charge in [0.15, 0.2) is 0 Å². The monoisotopic (exact) mass is 300 g/mol. The maximum absolute atomic E-state index is 12.2. The minimum Gasteiger partial charge on any atom is -0.385 e. The van der Waals surface area contributed by atoms with Crippen molar-refractivity contribution in [3.8, 4) is 0 Å². The quantitative estimate of drug-likeness (QED) is 0.785. The Kier molecular flexibility index (Phi) is 5.67. The second-order valence-corrected chi connectivity index (χ2v) is 6.13. The number of ether oxygens (including phenoxy) is 1. The zero-order valence-electron chi connectivity index (χ0n) is 11.9. The first-order valence-corrected chi connectivity index (χ1v) is 7.70. The Hall–Kier alpha value is -1.44. The summed E-state index contributed by atoms with van der Waals surface area (Å²) in [5.41, 5.74) is 0.825. The predicted molar refractivity (Wildman–Crippen MR) is 76.0 cm³/mol. The SMILES string of the molecule is COCCCN(C)C(=O)c1ccc(C)c(S(N)(=O)=O)c1. The summed E-state index contributed by atoms with van der Waals surface area (Å²) in [6.07, 6.45) is 0.715. The molecule has 1 amide bonds. The highest BCUT2D eigenvalue weighted by atomic mass is 32.2. The van der Waals surface area contributed by atoms with E-state index in [2.05, 4.69) is 0 Å². The van der Waals surface area contributed by atoms with Crippen molar-refractivity contribution in [3.05, 3.63) is 29.3 Å². The van der Waals surface area contributed by atoms with Crippen LogP contribution in [0.4, 0.5) is 0 Å². The van der Waals surface area contributed by atoms with Gasteiger partial charge in [0.25, 0.3) is 5.91 Å². The summed E-state index contributed by atoms with van der Waals surface area (Å²) in [7, 11) is -0.568. The van der Waals surface area contributed by atoms with Crippen LogP contribution in [0.5, 0.6) is 0 Å². The van der Waals surface area contributed by atoms with Crippen LogP contribution in [0.25, 0.3) is 0 Å². The van der Waals surface area contributed by atoms with Crippen molar-refractivity contribution in [3.63, 3.8) is 0 Å². The van der Waals surface area contributed by atoms with Crippen molar-refractivity contribution in [1.82, 2.24) is 4.90 Å². The molecule has 0 spiro atoms. The predicted octanol–water partition coefficient (Wildman–Crippen LogP) is 0.751. The number of carbonyl (C=O) groups is 1. The molecule has 0 radical (unpaired) electrons. The number of nitrogens with zero attached hydrogens (tertiary/aromatic N) is 1. The Morgan fingerprint density at radius 3 is 2.60 bits per heavy atom. The third-order valence-corrected chi connectivity index (χ3v) is 3.98. The first kappa shape index (κ1) is 16.6. The molecule has 6 nitrogen and oxygen atoms in total. The Morgan fingerprint density at radius 1 is 1.40 bits per heavy atom. The summed E-state index contributed by atoms with van der Waals surface area (Å²) < 4.78 is 27.8. The first-order valence-electron chi connectivity index (χ1n) is 6.15. The van der Waals surface area contributed by atoms with Gasteiger partial charge in [0.05, 0.1) is 4.90 Å². The van der Waals surface area contributed by atoms with Gasteiger partial charge in [-0.1, -0.05) is 6.07 Å². The molecule has 0 bridgehead atoms. The van der Waals surface area contributed by atoms with E-state index in [9.17, 15) is 13.2 Å². The number of methoxy groups -OCH3 is 1. The number of sulfonamides is 1. The summed E-state index contributed by atoms with van der Waals surface area (Å²) in [6, 6.07) is 4.49. The second kappa shape index (κ2) is 6.83. The molecule has 0 aliphatic rings. The largest absolute Gasteiger partial charge is 0.385 e. The number of aryl methyl sites for hydroxylation is 1. The van der Waals surface area contributed by atoms with Gasteiger partial charge in [0.2, 0.25) is 10.0 Å². The summed E-state index contributed by atoms with van der Waals surface area (Å²) in [4.78, 5) is 13.7.